The number of rotatable bonds is 3. The maximum Gasteiger partial charge on any atom is 0.261 e. The van der Waals surface area contributed by atoms with Crippen LogP contribution < -0.4 is 10.7 Å². The van der Waals surface area contributed by atoms with Crippen LogP contribution in [0.2, 0.25) is 0 Å². The smallest absolute Gasteiger partial charge is 0.261 e. The van der Waals surface area contributed by atoms with E-state index in [4.69, 9.17) is 4.42 Å². The molecular formula is C21H16N2O3S. The SMILES string of the molecule is Cc1csc(NC(=O)c2cccc3c(=O)c(C)c(-c4ccccc4)oc23)n1. The number of hydrogen-bond acceptors (Lipinski definition) is 5. The molecule has 0 aliphatic heterocycles. The number of carbonyl (C=O) groups excluding carboxylic acids is 1. The minimum absolute atomic E-state index is 0.144. The quantitative estimate of drug-likeness (QED) is 0.558. The Balaban J connectivity index is 1.88. The van der Waals surface area contributed by atoms with Crippen molar-refractivity contribution < 1.29 is 9.21 Å². The fourth-order valence-electron chi connectivity index (χ4n) is 2.93. The summed E-state index contributed by atoms with van der Waals surface area (Å²) in [7, 11) is 0. The normalized spacial score (nSPS) is 10.9. The van der Waals surface area contributed by atoms with E-state index in [2.05, 4.69) is 10.3 Å². The van der Waals surface area contributed by atoms with E-state index < -0.39 is 0 Å². The summed E-state index contributed by atoms with van der Waals surface area (Å²) in [6, 6.07) is 14.4. The Hall–Kier alpha value is -3.25. The summed E-state index contributed by atoms with van der Waals surface area (Å²) in [6.07, 6.45) is 0. The van der Waals surface area contributed by atoms with Crippen LogP contribution in [0.5, 0.6) is 0 Å². The number of benzene rings is 2. The van der Waals surface area contributed by atoms with Crippen molar-refractivity contribution >= 4 is 33.3 Å². The molecule has 0 fully saturated rings. The van der Waals surface area contributed by atoms with Crippen molar-refractivity contribution in [1.82, 2.24) is 4.98 Å². The minimum atomic E-state index is -0.360. The Labute approximate surface area is 159 Å². The predicted molar refractivity (Wildman–Crippen MR) is 107 cm³/mol. The lowest BCUT2D eigenvalue weighted by Crippen LogP contribution is -2.14. The van der Waals surface area contributed by atoms with Gasteiger partial charge in [0.15, 0.2) is 16.1 Å². The van der Waals surface area contributed by atoms with Crippen molar-refractivity contribution in [3.8, 4) is 11.3 Å². The van der Waals surface area contributed by atoms with Gasteiger partial charge in [-0.3, -0.25) is 14.9 Å². The summed E-state index contributed by atoms with van der Waals surface area (Å²) in [6.45, 7) is 3.59. The molecule has 0 spiro atoms. The first kappa shape index (κ1) is 17.2. The highest BCUT2D eigenvalue weighted by Crippen LogP contribution is 2.28. The molecule has 4 rings (SSSR count). The van der Waals surface area contributed by atoms with Gasteiger partial charge >= 0.3 is 0 Å². The van der Waals surface area contributed by atoms with Crippen molar-refractivity contribution in [2.45, 2.75) is 13.8 Å². The van der Waals surface area contributed by atoms with Gasteiger partial charge in [0.2, 0.25) is 0 Å². The molecule has 2 aromatic heterocycles. The Kier molecular flexibility index (Phi) is 4.33. The molecule has 0 radical (unpaired) electrons. The molecule has 0 aliphatic carbocycles. The molecule has 4 aromatic rings. The molecule has 2 aromatic carbocycles. The summed E-state index contributed by atoms with van der Waals surface area (Å²) in [4.78, 5) is 29.9. The van der Waals surface area contributed by atoms with Gasteiger partial charge in [0.25, 0.3) is 5.91 Å². The number of para-hydroxylation sites is 1. The third kappa shape index (κ3) is 3.15. The van der Waals surface area contributed by atoms with Crippen LogP contribution in [0.25, 0.3) is 22.3 Å². The number of thiazole rings is 1. The Morgan fingerprint density at radius 1 is 1.07 bits per heavy atom. The van der Waals surface area contributed by atoms with Gasteiger partial charge in [-0.2, -0.15) is 0 Å². The third-order valence-corrected chi connectivity index (χ3v) is 5.14. The Morgan fingerprint density at radius 3 is 2.56 bits per heavy atom. The number of nitrogens with one attached hydrogen (secondary N) is 1. The van der Waals surface area contributed by atoms with Crippen LogP contribution in [-0.4, -0.2) is 10.9 Å². The number of fused-ring (bicyclic) bond motifs is 1. The molecule has 1 amide bonds. The van der Waals surface area contributed by atoms with Crippen LogP contribution in [0.3, 0.4) is 0 Å². The van der Waals surface area contributed by atoms with Gasteiger partial charge in [0.1, 0.15) is 5.76 Å². The number of hydrogen-bond donors (Lipinski definition) is 1. The molecule has 27 heavy (non-hydrogen) atoms. The van der Waals surface area contributed by atoms with E-state index in [9.17, 15) is 9.59 Å². The fourth-order valence-corrected chi connectivity index (χ4v) is 3.61. The van der Waals surface area contributed by atoms with Crippen molar-refractivity contribution in [1.29, 1.82) is 0 Å². The largest absolute Gasteiger partial charge is 0.455 e. The maximum absolute atomic E-state index is 12.9. The molecule has 0 unspecified atom stereocenters. The third-order valence-electron chi connectivity index (χ3n) is 4.27. The van der Waals surface area contributed by atoms with Gasteiger partial charge in [0.05, 0.1) is 16.6 Å². The highest BCUT2D eigenvalue weighted by Gasteiger charge is 2.19. The zero-order chi connectivity index (χ0) is 19.0. The highest BCUT2D eigenvalue weighted by atomic mass is 32.1. The molecule has 0 atom stereocenters. The lowest BCUT2D eigenvalue weighted by molar-refractivity contribution is 0.102. The first-order chi connectivity index (χ1) is 13.0. The maximum atomic E-state index is 12.9. The fraction of sp³-hybridized carbons (Fsp3) is 0.0952. The van der Waals surface area contributed by atoms with E-state index in [-0.39, 0.29) is 16.9 Å². The van der Waals surface area contributed by atoms with Gasteiger partial charge in [0, 0.05) is 16.5 Å². The first-order valence-electron chi connectivity index (χ1n) is 8.40. The van der Waals surface area contributed by atoms with Gasteiger partial charge in [-0.25, -0.2) is 4.98 Å². The lowest BCUT2D eigenvalue weighted by Gasteiger charge is -2.10. The molecule has 2 heterocycles. The lowest BCUT2D eigenvalue weighted by atomic mass is 10.0. The number of aryl methyl sites for hydroxylation is 1. The average molecular weight is 376 g/mol. The van der Waals surface area contributed by atoms with E-state index in [1.165, 1.54) is 11.3 Å². The van der Waals surface area contributed by atoms with Crippen LogP contribution in [0, 0.1) is 13.8 Å². The second kappa shape index (κ2) is 6.81. The number of nitrogens with zero attached hydrogens (tertiary/aromatic N) is 1. The molecule has 1 N–H and O–H groups in total. The summed E-state index contributed by atoms with van der Waals surface area (Å²) >= 11 is 1.35. The first-order valence-corrected chi connectivity index (χ1v) is 9.28. The van der Waals surface area contributed by atoms with Crippen LogP contribution in [-0.2, 0) is 0 Å². The minimum Gasteiger partial charge on any atom is -0.455 e. The zero-order valence-electron chi connectivity index (χ0n) is 14.8. The Morgan fingerprint density at radius 2 is 1.85 bits per heavy atom. The summed E-state index contributed by atoms with van der Waals surface area (Å²) in [5.74, 6) is 0.111. The monoisotopic (exact) mass is 376 g/mol. The van der Waals surface area contributed by atoms with E-state index in [1.54, 1.807) is 25.1 Å². The van der Waals surface area contributed by atoms with Crippen molar-refractivity contribution in [2.24, 2.45) is 0 Å². The average Bonchev–Trinajstić information content (AvgIpc) is 3.09. The summed E-state index contributed by atoms with van der Waals surface area (Å²) < 4.78 is 6.08. The van der Waals surface area contributed by atoms with Crippen molar-refractivity contribution in [3.05, 3.63) is 81.0 Å². The highest BCUT2D eigenvalue weighted by molar-refractivity contribution is 7.13. The van der Waals surface area contributed by atoms with Gasteiger partial charge in [-0.1, -0.05) is 36.4 Å². The van der Waals surface area contributed by atoms with Crippen LogP contribution in [0.15, 0.2) is 63.1 Å². The number of anilines is 1. The van der Waals surface area contributed by atoms with E-state index in [0.29, 0.717) is 27.4 Å². The zero-order valence-corrected chi connectivity index (χ0v) is 15.6. The number of carbonyl (C=O) groups is 1. The van der Waals surface area contributed by atoms with Gasteiger partial charge < -0.3 is 4.42 Å². The molecule has 5 nitrogen and oxygen atoms in total. The molecule has 0 bridgehead atoms. The van der Waals surface area contributed by atoms with Gasteiger partial charge in [-0.05, 0) is 26.0 Å². The second-order valence-corrected chi connectivity index (χ2v) is 7.04. The molecule has 134 valence electrons. The Bertz CT molecular complexity index is 1210. The molecular weight excluding hydrogens is 360 g/mol. The predicted octanol–water partition coefficient (Wildman–Crippen LogP) is 4.79. The van der Waals surface area contributed by atoms with E-state index in [1.807, 2.05) is 42.6 Å². The van der Waals surface area contributed by atoms with E-state index in [0.717, 1.165) is 11.3 Å². The van der Waals surface area contributed by atoms with Crippen LogP contribution in [0.1, 0.15) is 21.6 Å². The van der Waals surface area contributed by atoms with E-state index >= 15 is 0 Å². The van der Waals surface area contributed by atoms with Crippen LogP contribution in [0.4, 0.5) is 5.13 Å². The summed E-state index contributed by atoms with van der Waals surface area (Å²) in [5.41, 5.74) is 2.57. The summed E-state index contributed by atoms with van der Waals surface area (Å²) in [5, 5.41) is 5.52. The molecule has 0 aliphatic rings. The number of aromatic nitrogens is 1. The van der Waals surface area contributed by atoms with Crippen molar-refractivity contribution in [3.63, 3.8) is 0 Å². The topological polar surface area (TPSA) is 72.2 Å². The molecule has 6 heteroatoms. The second-order valence-electron chi connectivity index (χ2n) is 6.18. The number of amides is 1. The molecule has 0 saturated heterocycles. The van der Waals surface area contributed by atoms with Crippen molar-refractivity contribution in [2.75, 3.05) is 5.32 Å². The standard InChI is InChI=1S/C21H16N2O3S/c1-12-11-27-21(22-12)23-20(25)16-10-6-9-15-17(24)13(2)18(26-19(15)16)14-7-4-3-5-8-14/h3-11H,1-2H3,(H,22,23,25). The molecule has 0 saturated carbocycles. The van der Waals surface area contributed by atoms with Gasteiger partial charge in [-0.15, -0.1) is 11.3 Å². The van der Waals surface area contributed by atoms with Crippen LogP contribution >= 0.6 is 11.3 Å².